The van der Waals surface area contributed by atoms with Crippen LogP contribution in [0.25, 0.3) is 22.5 Å². The first-order valence-corrected chi connectivity index (χ1v) is 14.2. The van der Waals surface area contributed by atoms with E-state index in [0.29, 0.717) is 36.6 Å². The maximum Gasteiger partial charge on any atom is 0.274 e. The number of anilines is 1. The van der Waals surface area contributed by atoms with E-state index in [4.69, 9.17) is 20.3 Å². The maximum atomic E-state index is 11.0. The lowest BCUT2D eigenvalue weighted by molar-refractivity contribution is 0.559. The van der Waals surface area contributed by atoms with Gasteiger partial charge in [-0.05, 0) is 36.2 Å². The molecule has 3 aromatic heterocycles. The highest BCUT2D eigenvalue weighted by molar-refractivity contribution is 8.00. The quantitative estimate of drug-likeness (QED) is 0.221. The summed E-state index contributed by atoms with van der Waals surface area (Å²) in [6.07, 6.45) is 4.14. The van der Waals surface area contributed by atoms with Crippen LogP contribution in [0, 0.1) is 0 Å². The van der Waals surface area contributed by atoms with Crippen LogP contribution in [0.15, 0.2) is 56.2 Å². The van der Waals surface area contributed by atoms with Gasteiger partial charge in [-0.15, -0.1) is 11.8 Å². The third kappa shape index (κ3) is 5.47. The average molecular weight is 533 g/mol. The smallest absolute Gasteiger partial charge is 0.274 e. The van der Waals surface area contributed by atoms with Crippen LogP contribution in [0.4, 0.5) is 5.82 Å². The van der Waals surface area contributed by atoms with E-state index in [-0.39, 0.29) is 6.54 Å². The standard InChI is InChI=1S/C21H24N8O3S3/c22-19-18-20(26-12-25-19)29(7-6-24-4-5-27-35(23,30)31)21(28-18)34-17-11-16-13(3-9-33-16)10-14(17)15-2-1-8-32-15/h1-2,8,10-12,24,27H,3-7,9H2,(H2,22,25,26)(H2,23,30,31). The minimum Gasteiger partial charge on any atom is -0.464 e. The normalized spacial score (nSPS) is 13.5. The lowest BCUT2D eigenvalue weighted by Crippen LogP contribution is -2.36. The molecule has 0 fully saturated rings. The molecule has 0 bridgehead atoms. The van der Waals surface area contributed by atoms with Crippen molar-refractivity contribution in [2.45, 2.75) is 27.9 Å². The molecule has 0 unspecified atom stereocenters. The highest BCUT2D eigenvalue weighted by atomic mass is 32.2. The second-order valence-electron chi connectivity index (χ2n) is 7.80. The number of benzene rings is 1. The number of nitrogens with zero attached hydrogens (tertiary/aromatic N) is 4. The van der Waals surface area contributed by atoms with E-state index in [1.165, 1.54) is 28.5 Å². The largest absolute Gasteiger partial charge is 0.464 e. The van der Waals surface area contributed by atoms with E-state index in [2.05, 4.69) is 32.1 Å². The van der Waals surface area contributed by atoms with Crippen molar-refractivity contribution < 1.29 is 12.8 Å². The van der Waals surface area contributed by atoms with Crippen LogP contribution in [0.3, 0.4) is 0 Å². The number of nitrogens with one attached hydrogen (secondary N) is 2. The van der Waals surface area contributed by atoms with Crippen molar-refractivity contribution in [1.29, 1.82) is 0 Å². The molecule has 4 heterocycles. The molecule has 0 atom stereocenters. The van der Waals surface area contributed by atoms with Crippen molar-refractivity contribution >= 4 is 50.7 Å². The van der Waals surface area contributed by atoms with E-state index >= 15 is 0 Å². The highest BCUT2D eigenvalue weighted by Crippen LogP contribution is 2.43. The number of furan rings is 1. The fourth-order valence-corrected chi connectivity index (χ4v) is 6.44. The van der Waals surface area contributed by atoms with E-state index in [1.54, 1.807) is 6.26 Å². The molecule has 4 aromatic rings. The van der Waals surface area contributed by atoms with Gasteiger partial charge in [0, 0.05) is 47.3 Å². The Bertz CT molecular complexity index is 1450. The molecular weight excluding hydrogens is 508 g/mol. The zero-order chi connectivity index (χ0) is 24.4. The van der Waals surface area contributed by atoms with Crippen molar-refractivity contribution in [2.24, 2.45) is 5.14 Å². The van der Waals surface area contributed by atoms with Crippen molar-refractivity contribution in [2.75, 3.05) is 31.1 Å². The zero-order valence-corrected chi connectivity index (χ0v) is 21.0. The second-order valence-corrected chi connectivity index (χ2v) is 11.3. The summed E-state index contributed by atoms with van der Waals surface area (Å²) in [5.41, 5.74) is 9.63. The minimum atomic E-state index is -3.71. The Kier molecular flexibility index (Phi) is 7.00. The first kappa shape index (κ1) is 24.1. The maximum absolute atomic E-state index is 11.0. The third-order valence-electron chi connectivity index (χ3n) is 5.42. The summed E-state index contributed by atoms with van der Waals surface area (Å²) < 4.78 is 32.0. The summed E-state index contributed by atoms with van der Waals surface area (Å²) >= 11 is 3.38. The predicted molar refractivity (Wildman–Crippen MR) is 136 cm³/mol. The minimum absolute atomic E-state index is 0.194. The SMILES string of the molecule is Nc1ncnc2c1nc(Sc1cc3c(cc1-c1ccco1)CCS3)n2CCNCCNS(N)(=O)=O. The van der Waals surface area contributed by atoms with Crippen molar-refractivity contribution in [3.63, 3.8) is 0 Å². The number of aromatic nitrogens is 4. The van der Waals surface area contributed by atoms with Crippen LogP contribution in [0.1, 0.15) is 5.56 Å². The van der Waals surface area contributed by atoms with Crippen LogP contribution < -0.4 is 20.9 Å². The van der Waals surface area contributed by atoms with Gasteiger partial charge in [0.25, 0.3) is 10.2 Å². The Labute approximate surface area is 210 Å². The van der Waals surface area contributed by atoms with Crippen LogP contribution in [-0.4, -0.2) is 53.3 Å². The molecule has 0 aliphatic carbocycles. The molecule has 1 aliphatic heterocycles. The summed E-state index contributed by atoms with van der Waals surface area (Å²) in [6, 6.07) is 8.25. The van der Waals surface area contributed by atoms with E-state index in [9.17, 15) is 8.42 Å². The molecule has 0 saturated carbocycles. The Morgan fingerprint density at radius 3 is 2.91 bits per heavy atom. The van der Waals surface area contributed by atoms with E-state index < -0.39 is 10.2 Å². The number of imidazole rings is 1. The van der Waals surface area contributed by atoms with Gasteiger partial charge in [-0.3, -0.25) is 0 Å². The molecule has 0 saturated heterocycles. The number of rotatable bonds is 10. The number of hydrogen-bond donors (Lipinski definition) is 4. The fourth-order valence-electron chi connectivity index (χ4n) is 3.82. The van der Waals surface area contributed by atoms with Gasteiger partial charge >= 0.3 is 0 Å². The molecule has 14 heteroatoms. The van der Waals surface area contributed by atoms with Crippen molar-refractivity contribution in [3.8, 4) is 11.3 Å². The van der Waals surface area contributed by atoms with Crippen LogP contribution >= 0.6 is 23.5 Å². The summed E-state index contributed by atoms with van der Waals surface area (Å²) in [6.45, 7) is 1.72. The number of nitrogens with two attached hydrogens (primary N) is 2. The molecule has 6 N–H and O–H groups in total. The number of aryl methyl sites for hydroxylation is 1. The molecule has 0 radical (unpaired) electrons. The van der Waals surface area contributed by atoms with Crippen molar-refractivity contribution in [1.82, 2.24) is 29.6 Å². The predicted octanol–water partition coefficient (Wildman–Crippen LogP) is 1.85. The summed E-state index contributed by atoms with van der Waals surface area (Å²) in [4.78, 5) is 15.6. The summed E-state index contributed by atoms with van der Waals surface area (Å²) in [5, 5.41) is 8.89. The number of thioether (sulfide) groups is 1. The van der Waals surface area contributed by atoms with Crippen LogP contribution in [0.2, 0.25) is 0 Å². The Balaban J connectivity index is 1.43. The van der Waals surface area contributed by atoms with E-state index in [0.717, 1.165) is 33.5 Å². The molecule has 11 nitrogen and oxygen atoms in total. The Hall–Kier alpha value is -2.62. The van der Waals surface area contributed by atoms with Gasteiger partial charge in [-0.1, -0.05) is 11.8 Å². The molecule has 5 rings (SSSR count). The lowest BCUT2D eigenvalue weighted by atomic mass is 10.1. The highest BCUT2D eigenvalue weighted by Gasteiger charge is 2.21. The second kappa shape index (κ2) is 10.2. The number of fused-ring (bicyclic) bond motifs is 2. The molecule has 184 valence electrons. The van der Waals surface area contributed by atoms with Gasteiger partial charge < -0.3 is 20.0 Å². The first-order chi connectivity index (χ1) is 16.9. The van der Waals surface area contributed by atoms with Gasteiger partial charge in [-0.2, -0.15) is 8.42 Å². The molecule has 0 amide bonds. The summed E-state index contributed by atoms with van der Waals surface area (Å²) in [5.74, 6) is 2.19. The fraction of sp³-hybridized carbons (Fsp3) is 0.286. The number of hydrogen-bond acceptors (Lipinski definition) is 10. The van der Waals surface area contributed by atoms with Gasteiger partial charge in [0.2, 0.25) is 0 Å². The van der Waals surface area contributed by atoms with Gasteiger partial charge in [0.15, 0.2) is 22.1 Å². The van der Waals surface area contributed by atoms with Gasteiger partial charge in [0.1, 0.15) is 12.1 Å². The summed E-state index contributed by atoms with van der Waals surface area (Å²) in [7, 11) is -3.71. The van der Waals surface area contributed by atoms with Crippen LogP contribution in [0.5, 0.6) is 0 Å². The average Bonchev–Trinajstić information content (AvgIpc) is 3.56. The Morgan fingerprint density at radius 2 is 2.11 bits per heavy atom. The van der Waals surface area contributed by atoms with Crippen LogP contribution in [-0.2, 0) is 23.2 Å². The number of nitrogen functional groups attached to an aromatic ring is 1. The lowest BCUT2D eigenvalue weighted by Gasteiger charge is -2.12. The van der Waals surface area contributed by atoms with E-state index in [1.807, 2.05) is 28.5 Å². The monoisotopic (exact) mass is 532 g/mol. The van der Waals surface area contributed by atoms with Crippen molar-refractivity contribution in [3.05, 3.63) is 42.4 Å². The molecular formula is C21H24N8O3S3. The third-order valence-corrected chi connectivity index (χ3v) is 8.18. The Morgan fingerprint density at radius 1 is 1.23 bits per heavy atom. The molecule has 1 aliphatic rings. The molecule has 1 aromatic carbocycles. The molecule has 35 heavy (non-hydrogen) atoms. The topological polar surface area (TPSA) is 167 Å². The molecule has 0 spiro atoms. The van der Waals surface area contributed by atoms with Gasteiger partial charge in [0.05, 0.1) is 6.26 Å². The first-order valence-electron chi connectivity index (χ1n) is 10.9. The zero-order valence-electron chi connectivity index (χ0n) is 18.6. The van der Waals surface area contributed by atoms with Gasteiger partial charge in [-0.25, -0.2) is 24.8 Å².